The minimum absolute atomic E-state index is 0.0304. The van der Waals surface area contributed by atoms with Gasteiger partial charge in [-0.25, -0.2) is 4.98 Å². The summed E-state index contributed by atoms with van der Waals surface area (Å²) in [5.74, 6) is 1.29. The van der Waals surface area contributed by atoms with Crippen molar-refractivity contribution in [2.24, 2.45) is 0 Å². The number of aromatic nitrogens is 1. The first-order valence-corrected chi connectivity index (χ1v) is 12.3. The van der Waals surface area contributed by atoms with E-state index >= 15 is 0 Å². The van der Waals surface area contributed by atoms with Crippen molar-refractivity contribution in [3.05, 3.63) is 78.0 Å². The minimum Gasteiger partial charge on any atom is -0.496 e. The molecule has 2 N–H and O–H groups in total. The number of anilines is 3. The maximum Gasteiger partial charge on any atom is 0.262 e. The lowest BCUT2D eigenvalue weighted by Gasteiger charge is -2.35. The fourth-order valence-electron chi connectivity index (χ4n) is 5.24. The zero-order valence-electron chi connectivity index (χ0n) is 20.1. The third-order valence-electron chi connectivity index (χ3n) is 6.99. The SMILES string of the molecule is COc1cc(CN2c3cccnc3NC2CO)ccc1C(=O)N(c1ccccc1)C1CCCCC1. The number of nitrogens with one attached hydrogen (secondary N) is 1. The van der Waals surface area contributed by atoms with Gasteiger partial charge < -0.3 is 25.0 Å². The van der Waals surface area contributed by atoms with Crippen molar-refractivity contribution in [1.29, 1.82) is 0 Å². The number of rotatable bonds is 7. The van der Waals surface area contributed by atoms with Crippen LogP contribution in [0.25, 0.3) is 0 Å². The topological polar surface area (TPSA) is 77.9 Å². The summed E-state index contributed by atoms with van der Waals surface area (Å²) in [6.07, 6.45) is 7.01. The molecule has 1 aliphatic heterocycles. The Bertz CT molecular complexity index is 1160. The number of methoxy groups -OCH3 is 1. The van der Waals surface area contributed by atoms with E-state index in [0.29, 0.717) is 17.9 Å². The summed E-state index contributed by atoms with van der Waals surface area (Å²) in [4.78, 5) is 22.3. The first kappa shape index (κ1) is 23.2. The second-order valence-corrected chi connectivity index (χ2v) is 9.18. The van der Waals surface area contributed by atoms with Crippen molar-refractivity contribution in [2.45, 2.75) is 50.9 Å². The maximum atomic E-state index is 13.9. The monoisotopic (exact) mass is 472 g/mol. The lowest BCUT2D eigenvalue weighted by atomic mass is 9.93. The highest BCUT2D eigenvalue weighted by atomic mass is 16.5. The number of carbonyl (C=O) groups is 1. The average molecular weight is 473 g/mol. The number of fused-ring (bicyclic) bond motifs is 1. The molecule has 182 valence electrons. The van der Waals surface area contributed by atoms with Crippen molar-refractivity contribution < 1.29 is 14.6 Å². The number of carbonyl (C=O) groups excluding carboxylic acids is 1. The van der Waals surface area contributed by atoms with Gasteiger partial charge in [-0.3, -0.25) is 4.79 Å². The van der Waals surface area contributed by atoms with Crippen LogP contribution < -0.4 is 19.9 Å². The van der Waals surface area contributed by atoms with E-state index in [1.54, 1.807) is 13.3 Å². The van der Waals surface area contributed by atoms with E-state index in [9.17, 15) is 9.90 Å². The van der Waals surface area contributed by atoms with Gasteiger partial charge >= 0.3 is 0 Å². The number of pyridine rings is 1. The van der Waals surface area contributed by atoms with E-state index in [0.717, 1.165) is 48.4 Å². The maximum absolute atomic E-state index is 13.9. The van der Waals surface area contributed by atoms with Crippen molar-refractivity contribution in [3.8, 4) is 5.75 Å². The van der Waals surface area contributed by atoms with Gasteiger partial charge in [0.15, 0.2) is 5.82 Å². The van der Waals surface area contributed by atoms with Crippen molar-refractivity contribution in [2.75, 3.05) is 28.8 Å². The van der Waals surface area contributed by atoms with Gasteiger partial charge in [-0.05, 0) is 54.8 Å². The Morgan fingerprint density at radius 3 is 2.66 bits per heavy atom. The van der Waals surface area contributed by atoms with Crippen molar-refractivity contribution in [3.63, 3.8) is 0 Å². The van der Waals surface area contributed by atoms with Gasteiger partial charge in [-0.1, -0.05) is 43.5 Å². The highest BCUT2D eigenvalue weighted by Gasteiger charge is 2.31. The molecule has 1 amide bonds. The van der Waals surface area contributed by atoms with Crippen LogP contribution in [0.5, 0.6) is 5.75 Å². The molecule has 2 aliphatic rings. The molecule has 0 radical (unpaired) electrons. The predicted octanol–water partition coefficient (Wildman–Crippen LogP) is 4.82. The lowest BCUT2D eigenvalue weighted by Crippen LogP contribution is -2.42. The normalized spacial score (nSPS) is 17.5. The third-order valence-corrected chi connectivity index (χ3v) is 6.99. The van der Waals surface area contributed by atoms with E-state index in [2.05, 4.69) is 15.2 Å². The molecule has 2 heterocycles. The van der Waals surface area contributed by atoms with Gasteiger partial charge in [-0.2, -0.15) is 0 Å². The Morgan fingerprint density at radius 2 is 1.91 bits per heavy atom. The van der Waals surface area contributed by atoms with E-state index in [1.807, 2.05) is 65.6 Å². The number of aliphatic hydroxyl groups is 1. The summed E-state index contributed by atoms with van der Waals surface area (Å²) < 4.78 is 5.72. The van der Waals surface area contributed by atoms with Gasteiger partial charge in [-0.15, -0.1) is 0 Å². The summed E-state index contributed by atoms with van der Waals surface area (Å²) in [5.41, 5.74) is 3.41. The molecule has 0 spiro atoms. The number of amides is 1. The molecule has 1 aromatic heterocycles. The van der Waals surface area contributed by atoms with Crippen LogP contribution in [0.15, 0.2) is 66.9 Å². The Balaban J connectivity index is 1.44. The first-order chi connectivity index (χ1) is 17.2. The van der Waals surface area contributed by atoms with E-state index in [-0.39, 0.29) is 24.7 Å². The predicted molar refractivity (Wildman–Crippen MR) is 138 cm³/mol. The number of nitrogens with zero attached hydrogens (tertiary/aromatic N) is 3. The smallest absolute Gasteiger partial charge is 0.262 e. The van der Waals surface area contributed by atoms with Crippen LogP contribution in [0.3, 0.4) is 0 Å². The van der Waals surface area contributed by atoms with Gasteiger partial charge in [0.05, 0.1) is 25.0 Å². The van der Waals surface area contributed by atoms with Crippen molar-refractivity contribution >= 4 is 23.1 Å². The lowest BCUT2D eigenvalue weighted by molar-refractivity contribution is 0.0967. The Kier molecular flexibility index (Phi) is 6.86. The number of para-hydroxylation sites is 1. The Hall–Kier alpha value is -3.58. The summed E-state index contributed by atoms with van der Waals surface area (Å²) >= 11 is 0. The van der Waals surface area contributed by atoms with Gasteiger partial charge in [0.1, 0.15) is 11.9 Å². The molecule has 0 bridgehead atoms. The summed E-state index contributed by atoms with van der Waals surface area (Å²) in [7, 11) is 1.61. The molecule has 1 fully saturated rings. The standard InChI is InChI=1S/C28H32N4O3/c1-35-25-17-20(18-31-24-13-8-16-29-27(24)30-26(31)19-33)14-15-23(25)28(34)32(21-9-4-2-5-10-21)22-11-6-3-7-12-22/h2,4-5,8-10,13-17,22,26,33H,3,6-7,11-12,18-19H2,1H3,(H,29,30). The average Bonchev–Trinajstić information content (AvgIpc) is 3.27. The summed E-state index contributed by atoms with van der Waals surface area (Å²) in [5, 5.41) is 13.1. The highest BCUT2D eigenvalue weighted by molar-refractivity contribution is 6.08. The summed E-state index contributed by atoms with van der Waals surface area (Å²) in [6, 6.07) is 19.8. The quantitative estimate of drug-likeness (QED) is 0.513. The second-order valence-electron chi connectivity index (χ2n) is 9.18. The molecule has 1 unspecified atom stereocenters. The zero-order valence-corrected chi connectivity index (χ0v) is 20.1. The molecular weight excluding hydrogens is 440 g/mol. The van der Waals surface area contributed by atoms with Crippen LogP contribution in [-0.2, 0) is 6.54 Å². The molecule has 5 rings (SSSR count). The van der Waals surface area contributed by atoms with Crippen LogP contribution >= 0.6 is 0 Å². The number of hydrogen-bond donors (Lipinski definition) is 2. The Morgan fingerprint density at radius 1 is 1.11 bits per heavy atom. The number of aliphatic hydroxyl groups excluding tert-OH is 1. The van der Waals surface area contributed by atoms with Crippen LogP contribution in [0.2, 0.25) is 0 Å². The number of hydrogen-bond acceptors (Lipinski definition) is 6. The number of benzene rings is 2. The fourth-order valence-corrected chi connectivity index (χ4v) is 5.24. The van der Waals surface area contributed by atoms with E-state index in [1.165, 1.54) is 6.42 Å². The molecule has 1 saturated carbocycles. The third kappa shape index (κ3) is 4.68. The molecular formula is C28H32N4O3. The largest absolute Gasteiger partial charge is 0.496 e. The molecule has 35 heavy (non-hydrogen) atoms. The van der Waals surface area contributed by atoms with Crippen LogP contribution in [0, 0.1) is 0 Å². The molecule has 7 nitrogen and oxygen atoms in total. The highest BCUT2D eigenvalue weighted by Crippen LogP contribution is 2.35. The van der Waals surface area contributed by atoms with Gasteiger partial charge in [0.25, 0.3) is 5.91 Å². The van der Waals surface area contributed by atoms with Gasteiger partial charge in [0, 0.05) is 24.5 Å². The molecule has 0 saturated heterocycles. The zero-order chi connectivity index (χ0) is 24.2. The van der Waals surface area contributed by atoms with Crippen LogP contribution in [0.4, 0.5) is 17.2 Å². The molecule has 1 atom stereocenters. The fraction of sp³-hybridized carbons (Fsp3) is 0.357. The first-order valence-electron chi connectivity index (χ1n) is 12.3. The van der Waals surface area contributed by atoms with Crippen molar-refractivity contribution in [1.82, 2.24) is 4.98 Å². The van der Waals surface area contributed by atoms with Crippen LogP contribution in [-0.4, -0.2) is 41.9 Å². The molecule has 1 aliphatic carbocycles. The van der Waals surface area contributed by atoms with E-state index in [4.69, 9.17) is 4.74 Å². The Labute approximate surface area is 206 Å². The van der Waals surface area contributed by atoms with E-state index < -0.39 is 0 Å². The molecule has 7 heteroatoms. The van der Waals surface area contributed by atoms with Crippen LogP contribution in [0.1, 0.15) is 48.0 Å². The molecule has 3 aromatic rings. The van der Waals surface area contributed by atoms with Gasteiger partial charge in [0.2, 0.25) is 0 Å². The minimum atomic E-state index is -0.257. The second kappa shape index (κ2) is 10.4. The summed E-state index contributed by atoms with van der Waals surface area (Å²) in [6.45, 7) is 0.504. The molecule has 2 aromatic carbocycles. The number of ether oxygens (including phenoxy) is 1.